The fraction of sp³-hybridized carbons (Fsp3) is 0.467. The molecule has 0 saturated carbocycles. The van der Waals surface area contributed by atoms with Crippen LogP contribution in [0, 0.1) is 6.92 Å². The van der Waals surface area contributed by atoms with Crippen LogP contribution in [0.2, 0.25) is 19.6 Å². The Kier molecular flexibility index (Phi) is 5.05. The number of ether oxygens (including phenoxy) is 1. The SMILES string of the molecule is CCOC(=O)C1NN=C([Si](C)(C)C)N1S(=O)(=O)c1ccc(C)cc1. The van der Waals surface area contributed by atoms with E-state index in [0.717, 1.165) is 9.87 Å². The van der Waals surface area contributed by atoms with Crippen molar-refractivity contribution < 1.29 is 17.9 Å². The van der Waals surface area contributed by atoms with E-state index in [-0.39, 0.29) is 11.5 Å². The van der Waals surface area contributed by atoms with Crippen LogP contribution in [0.25, 0.3) is 0 Å². The van der Waals surface area contributed by atoms with E-state index in [9.17, 15) is 13.2 Å². The molecule has 9 heteroatoms. The Bertz CT molecular complexity index is 754. The van der Waals surface area contributed by atoms with E-state index < -0.39 is 30.2 Å². The lowest BCUT2D eigenvalue weighted by Gasteiger charge is -2.29. The molecule has 0 aromatic heterocycles. The van der Waals surface area contributed by atoms with Crippen molar-refractivity contribution >= 4 is 29.5 Å². The standard InChI is InChI=1S/C15H23N3O4SSi/c1-6-22-14(19)13-16-17-15(24(3,4)5)18(13)23(20,21)12-9-7-11(2)8-10-12/h7-10,13,16H,6H2,1-5H3. The number of hydrogen-bond acceptors (Lipinski definition) is 6. The Morgan fingerprint density at radius 3 is 2.38 bits per heavy atom. The number of nitrogens with zero attached hydrogens (tertiary/aromatic N) is 2. The number of aryl methyl sites for hydroxylation is 1. The van der Waals surface area contributed by atoms with E-state index in [0.29, 0.717) is 5.46 Å². The molecule has 0 radical (unpaired) electrons. The smallest absolute Gasteiger partial charge is 0.352 e. The molecule has 132 valence electrons. The number of rotatable bonds is 5. The van der Waals surface area contributed by atoms with Gasteiger partial charge in [-0.05, 0) is 26.0 Å². The molecule has 1 atom stereocenters. The molecule has 24 heavy (non-hydrogen) atoms. The van der Waals surface area contributed by atoms with Crippen LogP contribution < -0.4 is 5.43 Å². The highest BCUT2D eigenvalue weighted by Gasteiger charge is 2.47. The summed E-state index contributed by atoms with van der Waals surface area (Å²) in [7, 11) is -6.05. The van der Waals surface area contributed by atoms with Crippen molar-refractivity contribution in [3.63, 3.8) is 0 Å². The minimum absolute atomic E-state index is 0.122. The van der Waals surface area contributed by atoms with Crippen molar-refractivity contribution in [1.82, 2.24) is 9.73 Å². The van der Waals surface area contributed by atoms with Crippen molar-refractivity contribution in [2.75, 3.05) is 6.61 Å². The Balaban J connectivity index is 2.51. The normalized spacial score (nSPS) is 18.1. The number of esters is 1. The largest absolute Gasteiger partial charge is 0.463 e. The minimum Gasteiger partial charge on any atom is -0.463 e. The molecule has 0 bridgehead atoms. The molecule has 1 aromatic rings. The van der Waals surface area contributed by atoms with Gasteiger partial charge < -0.3 is 4.74 Å². The summed E-state index contributed by atoms with van der Waals surface area (Å²) in [4.78, 5) is 12.3. The average Bonchev–Trinajstić information content (AvgIpc) is 2.93. The van der Waals surface area contributed by atoms with Crippen LogP contribution in [0.3, 0.4) is 0 Å². The number of nitrogens with one attached hydrogen (secondary N) is 1. The zero-order chi connectivity index (χ0) is 18.1. The number of carbonyl (C=O) groups is 1. The number of hydrazone groups is 1. The van der Waals surface area contributed by atoms with Crippen LogP contribution in [0.4, 0.5) is 0 Å². The first-order valence-electron chi connectivity index (χ1n) is 7.70. The van der Waals surface area contributed by atoms with Crippen molar-refractivity contribution in [2.24, 2.45) is 5.10 Å². The third kappa shape index (κ3) is 3.46. The first-order chi connectivity index (χ1) is 11.1. The van der Waals surface area contributed by atoms with Gasteiger partial charge >= 0.3 is 5.97 Å². The molecular formula is C15H23N3O4SSi. The fourth-order valence-corrected chi connectivity index (χ4v) is 6.05. The highest BCUT2D eigenvalue weighted by molar-refractivity contribution is 7.90. The van der Waals surface area contributed by atoms with Crippen LogP contribution in [0.15, 0.2) is 34.3 Å². The predicted octanol–water partition coefficient (Wildman–Crippen LogP) is 1.67. The Hall–Kier alpha value is -1.87. The number of hydrogen-bond donors (Lipinski definition) is 1. The predicted molar refractivity (Wildman–Crippen MR) is 94.5 cm³/mol. The second-order valence-corrected chi connectivity index (χ2v) is 13.3. The van der Waals surface area contributed by atoms with Gasteiger partial charge in [-0.1, -0.05) is 37.3 Å². The summed E-state index contributed by atoms with van der Waals surface area (Å²) in [5.74, 6) is -0.662. The van der Waals surface area contributed by atoms with E-state index >= 15 is 0 Å². The van der Waals surface area contributed by atoms with Gasteiger partial charge in [0.25, 0.3) is 10.0 Å². The molecule has 0 aliphatic carbocycles. The van der Waals surface area contributed by atoms with E-state index in [1.165, 1.54) is 12.1 Å². The first kappa shape index (κ1) is 18.5. The number of amidine groups is 1. The molecule has 1 aliphatic rings. The lowest BCUT2D eigenvalue weighted by Crippen LogP contribution is -2.55. The summed E-state index contributed by atoms with van der Waals surface area (Å²) in [6.07, 6.45) is -1.17. The molecule has 2 rings (SSSR count). The average molecular weight is 370 g/mol. The van der Waals surface area contributed by atoms with Gasteiger partial charge in [0.1, 0.15) is 13.5 Å². The molecule has 0 spiro atoms. The minimum atomic E-state index is -3.93. The van der Waals surface area contributed by atoms with Crippen LogP contribution in [-0.4, -0.2) is 45.0 Å². The molecule has 1 heterocycles. The topological polar surface area (TPSA) is 88.1 Å². The van der Waals surface area contributed by atoms with Gasteiger partial charge in [-0.2, -0.15) is 5.10 Å². The van der Waals surface area contributed by atoms with E-state index in [1.54, 1.807) is 19.1 Å². The lowest BCUT2D eigenvalue weighted by atomic mass is 10.2. The third-order valence-corrected chi connectivity index (χ3v) is 7.12. The maximum atomic E-state index is 13.1. The maximum absolute atomic E-state index is 13.1. The van der Waals surface area contributed by atoms with Crippen molar-refractivity contribution in [2.45, 2.75) is 44.5 Å². The van der Waals surface area contributed by atoms with Crippen LogP contribution in [0.1, 0.15) is 12.5 Å². The molecular weight excluding hydrogens is 346 g/mol. The second kappa shape index (κ2) is 6.56. The van der Waals surface area contributed by atoms with Crippen LogP contribution >= 0.6 is 0 Å². The Morgan fingerprint density at radius 2 is 1.88 bits per heavy atom. The molecule has 1 N–H and O–H groups in total. The Labute approximate surface area is 143 Å². The molecule has 1 aromatic carbocycles. The molecule has 1 unspecified atom stereocenters. The quantitative estimate of drug-likeness (QED) is 0.630. The number of carbonyl (C=O) groups excluding carboxylic acids is 1. The van der Waals surface area contributed by atoms with Crippen molar-refractivity contribution in [3.05, 3.63) is 29.8 Å². The highest BCUT2D eigenvalue weighted by Crippen LogP contribution is 2.25. The van der Waals surface area contributed by atoms with E-state index in [4.69, 9.17) is 4.74 Å². The summed E-state index contributed by atoms with van der Waals surface area (Å²) < 4.78 is 32.4. The van der Waals surface area contributed by atoms with Crippen molar-refractivity contribution in [1.29, 1.82) is 0 Å². The van der Waals surface area contributed by atoms with Gasteiger partial charge in [0.2, 0.25) is 6.17 Å². The Morgan fingerprint density at radius 1 is 1.29 bits per heavy atom. The monoisotopic (exact) mass is 369 g/mol. The maximum Gasteiger partial charge on any atom is 0.352 e. The second-order valence-electron chi connectivity index (χ2n) is 6.58. The summed E-state index contributed by atoms with van der Waals surface area (Å²) in [6.45, 7) is 9.63. The molecule has 0 saturated heterocycles. The van der Waals surface area contributed by atoms with Gasteiger partial charge in [0.15, 0.2) is 0 Å². The van der Waals surface area contributed by atoms with E-state index in [1.807, 2.05) is 26.6 Å². The number of benzene rings is 1. The first-order valence-corrected chi connectivity index (χ1v) is 12.6. The van der Waals surface area contributed by atoms with Gasteiger partial charge in [0.05, 0.1) is 11.5 Å². The van der Waals surface area contributed by atoms with Gasteiger partial charge in [-0.15, -0.1) is 0 Å². The van der Waals surface area contributed by atoms with Gasteiger partial charge in [0, 0.05) is 0 Å². The van der Waals surface area contributed by atoms with Gasteiger partial charge in [-0.3, -0.25) is 5.43 Å². The summed E-state index contributed by atoms with van der Waals surface area (Å²) in [6, 6.07) is 6.52. The molecule has 0 fully saturated rings. The summed E-state index contributed by atoms with van der Waals surface area (Å²) in [5.41, 5.74) is 3.99. The summed E-state index contributed by atoms with van der Waals surface area (Å²) >= 11 is 0. The zero-order valence-electron chi connectivity index (χ0n) is 14.5. The van der Waals surface area contributed by atoms with Crippen LogP contribution in [0.5, 0.6) is 0 Å². The van der Waals surface area contributed by atoms with Gasteiger partial charge in [-0.25, -0.2) is 17.5 Å². The summed E-state index contributed by atoms with van der Waals surface area (Å²) in [5, 5.41) is 4.16. The molecule has 0 amide bonds. The van der Waals surface area contributed by atoms with Crippen LogP contribution in [-0.2, 0) is 19.6 Å². The fourth-order valence-electron chi connectivity index (χ4n) is 2.29. The number of sulfonamides is 1. The molecule has 7 nitrogen and oxygen atoms in total. The zero-order valence-corrected chi connectivity index (χ0v) is 16.3. The highest BCUT2D eigenvalue weighted by atomic mass is 32.2. The van der Waals surface area contributed by atoms with Crippen molar-refractivity contribution in [3.8, 4) is 0 Å². The molecule has 1 aliphatic heterocycles. The van der Waals surface area contributed by atoms with E-state index in [2.05, 4.69) is 10.5 Å². The third-order valence-electron chi connectivity index (χ3n) is 3.49. The lowest BCUT2D eigenvalue weighted by molar-refractivity contribution is -0.147.